The number of nitrogens with zero attached hydrogens (tertiary/aromatic N) is 1. The summed E-state index contributed by atoms with van der Waals surface area (Å²) in [6, 6.07) is 0. The lowest BCUT2D eigenvalue weighted by Crippen LogP contribution is -2.37. The molecule has 0 radical (unpaired) electrons. The second-order valence-electron chi connectivity index (χ2n) is 2.79. The van der Waals surface area contributed by atoms with Crippen molar-refractivity contribution in [3.8, 4) is 0 Å². The molecule has 0 spiro atoms. The molecule has 0 saturated carbocycles. The van der Waals surface area contributed by atoms with E-state index < -0.39 is 0 Å². The Morgan fingerprint density at radius 3 is 3.00 bits per heavy atom. The topological polar surface area (TPSA) is 49.0 Å². The Labute approximate surface area is 107 Å². The predicted molar refractivity (Wildman–Crippen MR) is 71.2 cm³/mol. The van der Waals surface area contributed by atoms with Crippen molar-refractivity contribution < 1.29 is 0 Å². The molecule has 1 aromatic rings. The van der Waals surface area contributed by atoms with Gasteiger partial charge in [-0.1, -0.05) is 0 Å². The number of hydrogen-bond acceptors (Lipinski definition) is 4. The Morgan fingerprint density at radius 1 is 1.60 bits per heavy atom. The fraction of sp³-hybridized carbons (Fsp3) is 0.500. The van der Waals surface area contributed by atoms with Crippen LogP contribution in [0.15, 0.2) is 9.85 Å². The Kier molecular flexibility index (Phi) is 6.07. The smallest absolute Gasteiger partial charge is 0.166 e. The van der Waals surface area contributed by atoms with Crippen molar-refractivity contribution in [1.82, 2.24) is 20.3 Å². The summed E-state index contributed by atoms with van der Waals surface area (Å²) in [5.41, 5.74) is 1.05. The van der Waals surface area contributed by atoms with Crippen molar-refractivity contribution in [3.05, 3.63) is 15.5 Å². The molecule has 7 heteroatoms. The van der Waals surface area contributed by atoms with Gasteiger partial charge in [-0.3, -0.25) is 0 Å². The van der Waals surface area contributed by atoms with E-state index in [0.29, 0.717) is 5.11 Å². The van der Waals surface area contributed by atoms with E-state index in [1.54, 1.807) is 7.05 Å². The van der Waals surface area contributed by atoms with Gasteiger partial charge in [0.05, 0.1) is 10.2 Å². The van der Waals surface area contributed by atoms with Crippen LogP contribution in [0.4, 0.5) is 0 Å². The first-order valence-corrected chi connectivity index (χ1v) is 6.53. The fourth-order valence-corrected chi connectivity index (χ4v) is 2.19. The largest absolute Gasteiger partial charge is 0.366 e. The third-order valence-electron chi connectivity index (χ3n) is 1.70. The molecule has 0 aliphatic rings. The molecular formula is C8H13BrN4S2. The molecule has 1 rings (SSSR count). The molecule has 1 aromatic heterocycles. The first-order chi connectivity index (χ1) is 7.24. The van der Waals surface area contributed by atoms with Crippen molar-refractivity contribution in [2.24, 2.45) is 0 Å². The summed E-state index contributed by atoms with van der Waals surface area (Å²) in [4.78, 5) is 0. The number of rotatable bonds is 5. The molecule has 0 aromatic carbocycles. The SMILES string of the molecule is CNC(=S)NCCNCc1nscc1Br. The second-order valence-corrected chi connectivity index (χ2v) is 4.68. The van der Waals surface area contributed by atoms with Crippen LogP contribution in [0.5, 0.6) is 0 Å². The van der Waals surface area contributed by atoms with Crippen molar-refractivity contribution in [3.63, 3.8) is 0 Å². The molecule has 0 amide bonds. The lowest BCUT2D eigenvalue weighted by atomic mass is 10.4. The van der Waals surface area contributed by atoms with Crippen LogP contribution in [0, 0.1) is 0 Å². The van der Waals surface area contributed by atoms with Gasteiger partial charge in [0.25, 0.3) is 0 Å². The summed E-state index contributed by atoms with van der Waals surface area (Å²) in [5.74, 6) is 0. The van der Waals surface area contributed by atoms with Gasteiger partial charge in [-0.05, 0) is 39.7 Å². The van der Waals surface area contributed by atoms with Crippen LogP contribution in [-0.4, -0.2) is 29.6 Å². The van der Waals surface area contributed by atoms with Crippen molar-refractivity contribution in [2.45, 2.75) is 6.54 Å². The highest BCUT2D eigenvalue weighted by Gasteiger charge is 2.01. The second kappa shape index (κ2) is 7.10. The van der Waals surface area contributed by atoms with Crippen LogP contribution in [0.2, 0.25) is 0 Å². The Balaban J connectivity index is 2.07. The minimum absolute atomic E-state index is 0.673. The molecular weight excluding hydrogens is 296 g/mol. The summed E-state index contributed by atoms with van der Waals surface area (Å²) in [6.45, 7) is 2.44. The van der Waals surface area contributed by atoms with Gasteiger partial charge in [-0.25, -0.2) is 0 Å². The molecule has 15 heavy (non-hydrogen) atoms. The summed E-state index contributed by atoms with van der Waals surface area (Å²) in [7, 11) is 1.80. The average molecular weight is 309 g/mol. The number of nitrogens with one attached hydrogen (secondary N) is 3. The zero-order chi connectivity index (χ0) is 11.1. The van der Waals surface area contributed by atoms with Gasteiger partial charge in [0.15, 0.2) is 5.11 Å². The first kappa shape index (κ1) is 12.8. The lowest BCUT2D eigenvalue weighted by molar-refractivity contribution is 0.662. The van der Waals surface area contributed by atoms with Crippen LogP contribution in [0.3, 0.4) is 0 Å². The van der Waals surface area contributed by atoms with Crippen molar-refractivity contribution in [1.29, 1.82) is 0 Å². The third-order valence-corrected chi connectivity index (χ3v) is 3.71. The standard InChI is InChI=1S/C8H13BrN4S2/c1-10-8(14)12-3-2-11-4-7-6(9)5-15-13-7/h5,11H,2-4H2,1H3,(H2,10,12,14). The summed E-state index contributed by atoms with van der Waals surface area (Å²) >= 11 is 9.82. The molecule has 1 heterocycles. The highest BCUT2D eigenvalue weighted by molar-refractivity contribution is 9.10. The highest BCUT2D eigenvalue weighted by atomic mass is 79.9. The van der Waals surface area contributed by atoms with Gasteiger partial charge in [0, 0.05) is 32.1 Å². The molecule has 0 fully saturated rings. The molecule has 0 aliphatic heterocycles. The maximum atomic E-state index is 4.94. The molecule has 0 atom stereocenters. The maximum Gasteiger partial charge on any atom is 0.166 e. The Hall–Kier alpha value is -0.240. The Morgan fingerprint density at radius 2 is 2.40 bits per heavy atom. The zero-order valence-electron chi connectivity index (χ0n) is 8.34. The van der Waals surface area contributed by atoms with Gasteiger partial charge >= 0.3 is 0 Å². The lowest BCUT2D eigenvalue weighted by Gasteiger charge is -2.07. The van der Waals surface area contributed by atoms with Gasteiger partial charge in [0.1, 0.15) is 0 Å². The van der Waals surface area contributed by atoms with Crippen LogP contribution in [0.1, 0.15) is 5.69 Å². The number of hydrogen-bond donors (Lipinski definition) is 3. The molecule has 0 saturated heterocycles. The van der Waals surface area contributed by atoms with E-state index in [1.165, 1.54) is 11.5 Å². The number of thiocarbonyl (C=S) groups is 1. The molecule has 84 valence electrons. The summed E-state index contributed by atoms with van der Waals surface area (Å²) in [6.07, 6.45) is 0. The normalized spacial score (nSPS) is 10.0. The summed E-state index contributed by atoms with van der Waals surface area (Å²) in [5, 5.41) is 11.8. The van der Waals surface area contributed by atoms with Gasteiger partial charge in [-0.15, -0.1) is 0 Å². The molecule has 0 aliphatic carbocycles. The quantitative estimate of drug-likeness (QED) is 0.561. The van der Waals surface area contributed by atoms with E-state index in [-0.39, 0.29) is 0 Å². The number of aromatic nitrogens is 1. The van der Waals surface area contributed by atoms with Gasteiger partial charge in [-0.2, -0.15) is 4.37 Å². The van der Waals surface area contributed by atoms with Crippen molar-refractivity contribution >= 4 is 44.8 Å². The van der Waals surface area contributed by atoms with Gasteiger partial charge in [0.2, 0.25) is 0 Å². The van der Waals surface area contributed by atoms with E-state index >= 15 is 0 Å². The van der Waals surface area contributed by atoms with Crippen LogP contribution in [0.25, 0.3) is 0 Å². The van der Waals surface area contributed by atoms with Crippen LogP contribution >= 0.6 is 39.7 Å². The van der Waals surface area contributed by atoms with Gasteiger partial charge < -0.3 is 16.0 Å². The Bertz CT molecular complexity index is 315. The molecule has 3 N–H and O–H groups in total. The zero-order valence-corrected chi connectivity index (χ0v) is 11.6. The average Bonchev–Trinajstić information content (AvgIpc) is 2.63. The fourth-order valence-electron chi connectivity index (χ4n) is 0.924. The predicted octanol–water partition coefficient (Wildman–Crippen LogP) is 1.09. The minimum Gasteiger partial charge on any atom is -0.366 e. The summed E-state index contributed by atoms with van der Waals surface area (Å²) < 4.78 is 5.31. The molecule has 0 unspecified atom stereocenters. The highest BCUT2D eigenvalue weighted by Crippen LogP contribution is 2.16. The van der Waals surface area contributed by atoms with Crippen LogP contribution < -0.4 is 16.0 Å². The molecule has 0 bridgehead atoms. The minimum atomic E-state index is 0.673. The molecule has 4 nitrogen and oxygen atoms in total. The van der Waals surface area contributed by atoms with E-state index in [4.69, 9.17) is 12.2 Å². The first-order valence-electron chi connectivity index (χ1n) is 4.49. The monoisotopic (exact) mass is 308 g/mol. The van der Waals surface area contributed by atoms with Crippen molar-refractivity contribution in [2.75, 3.05) is 20.1 Å². The van der Waals surface area contributed by atoms with E-state index in [9.17, 15) is 0 Å². The van der Waals surface area contributed by atoms with E-state index in [1.807, 2.05) is 5.38 Å². The van der Waals surface area contributed by atoms with E-state index in [0.717, 1.165) is 29.8 Å². The van der Waals surface area contributed by atoms with E-state index in [2.05, 4.69) is 36.3 Å². The maximum absolute atomic E-state index is 4.94. The third kappa shape index (κ3) is 4.87. The number of halogens is 1. The van der Waals surface area contributed by atoms with Crippen LogP contribution in [-0.2, 0) is 6.54 Å².